The summed E-state index contributed by atoms with van der Waals surface area (Å²) < 4.78 is 25.3. The predicted octanol–water partition coefficient (Wildman–Crippen LogP) is 1.59. The first-order valence-electron chi connectivity index (χ1n) is 3.33. The van der Waals surface area contributed by atoms with Gasteiger partial charge >= 0.3 is 6.05 Å². The van der Waals surface area contributed by atoms with Crippen LogP contribution in [0.2, 0.25) is 0 Å². The fourth-order valence-corrected chi connectivity index (χ4v) is 0.789. The summed E-state index contributed by atoms with van der Waals surface area (Å²) in [5.41, 5.74) is 4.84. The summed E-state index contributed by atoms with van der Waals surface area (Å²) in [4.78, 5) is 8.29. The van der Waals surface area contributed by atoms with E-state index in [0.29, 0.717) is 0 Å². The van der Waals surface area contributed by atoms with E-state index in [-0.39, 0.29) is 5.69 Å². The second-order valence-electron chi connectivity index (χ2n) is 2.42. The predicted molar refractivity (Wildman–Crippen MR) is 41.7 cm³/mol. The van der Waals surface area contributed by atoms with Crippen LogP contribution >= 0.6 is 0 Å². The van der Waals surface area contributed by atoms with E-state index >= 15 is 0 Å². The Morgan fingerprint density at radius 1 is 1.31 bits per heavy atom. The molecule has 0 saturated carbocycles. The molecule has 0 heterocycles. The Labute approximate surface area is 72.1 Å². The molecule has 0 radical (unpaired) electrons. The van der Waals surface area contributed by atoms with Crippen LogP contribution in [0.25, 0.3) is 0 Å². The van der Waals surface area contributed by atoms with E-state index in [9.17, 15) is 18.9 Å². The topological polar surface area (TPSA) is 69.2 Å². The van der Waals surface area contributed by atoms with Gasteiger partial charge < -0.3 is 5.73 Å². The molecule has 4 nitrogen and oxygen atoms in total. The molecule has 13 heavy (non-hydrogen) atoms. The second-order valence-corrected chi connectivity index (χ2v) is 2.42. The summed E-state index contributed by atoms with van der Waals surface area (Å²) in [6.45, 7) is 0. The molecule has 0 amide bonds. The van der Waals surface area contributed by atoms with Crippen LogP contribution in [0.3, 0.4) is 0 Å². The van der Waals surface area contributed by atoms with Crippen LogP contribution in [-0.4, -0.2) is 4.92 Å². The first-order valence-corrected chi connectivity index (χ1v) is 3.33. The van der Waals surface area contributed by atoms with Gasteiger partial charge in [0.25, 0.3) is 0 Å². The van der Waals surface area contributed by atoms with Crippen molar-refractivity contribution >= 4 is 5.69 Å². The maximum atomic E-state index is 12.7. The molecule has 0 unspecified atom stereocenters. The van der Waals surface area contributed by atoms with Gasteiger partial charge in [-0.2, -0.15) is 0 Å². The van der Waals surface area contributed by atoms with E-state index in [1.54, 1.807) is 0 Å². The third kappa shape index (κ3) is 1.71. The molecule has 0 aliphatic carbocycles. The minimum atomic E-state index is -4.05. The minimum absolute atomic E-state index is 0.280. The Balaban J connectivity index is 3.08. The Bertz CT molecular complexity index is 324. The lowest BCUT2D eigenvalue weighted by Gasteiger charge is -2.06. The third-order valence-corrected chi connectivity index (χ3v) is 1.49. The van der Waals surface area contributed by atoms with E-state index in [2.05, 4.69) is 0 Å². The number of alkyl halides is 2. The molecule has 1 aromatic carbocycles. The lowest BCUT2D eigenvalue weighted by Crippen LogP contribution is -2.24. The molecule has 2 N–H and O–H groups in total. The molecule has 0 aromatic heterocycles. The van der Waals surface area contributed by atoms with Gasteiger partial charge in [-0.05, 0) is 24.3 Å². The lowest BCUT2D eigenvalue weighted by atomic mass is 10.2. The average Bonchev–Trinajstić information content (AvgIpc) is 2.04. The van der Waals surface area contributed by atoms with Crippen molar-refractivity contribution in [3.8, 4) is 0 Å². The summed E-state index contributed by atoms with van der Waals surface area (Å²) in [5, 5.41) is 9.93. The monoisotopic (exact) mass is 188 g/mol. The highest BCUT2D eigenvalue weighted by Crippen LogP contribution is 2.28. The first kappa shape index (κ1) is 9.37. The van der Waals surface area contributed by atoms with E-state index in [1.807, 2.05) is 0 Å². The summed E-state index contributed by atoms with van der Waals surface area (Å²) in [5.74, 6) is 0. The van der Waals surface area contributed by atoms with Crippen molar-refractivity contribution in [2.45, 2.75) is 6.05 Å². The van der Waals surface area contributed by atoms with Crippen molar-refractivity contribution in [2.75, 3.05) is 5.73 Å². The highest BCUT2D eigenvalue weighted by Gasteiger charge is 2.45. The van der Waals surface area contributed by atoms with E-state index in [4.69, 9.17) is 5.73 Å². The summed E-state index contributed by atoms with van der Waals surface area (Å²) in [7, 11) is 0. The fraction of sp³-hybridized carbons (Fsp3) is 0.143. The number of nitrogen functional groups attached to an aromatic ring is 1. The highest BCUT2D eigenvalue weighted by atomic mass is 19.3. The zero-order valence-electron chi connectivity index (χ0n) is 6.41. The van der Waals surface area contributed by atoms with Gasteiger partial charge in [-0.25, -0.2) is 0 Å². The molecule has 0 aliphatic rings. The number of nitrogens with zero attached hydrogens (tertiary/aromatic N) is 1. The number of benzene rings is 1. The van der Waals surface area contributed by atoms with Gasteiger partial charge in [0, 0.05) is 5.69 Å². The molecule has 0 saturated heterocycles. The number of halogens is 2. The number of nitrogens with two attached hydrogens (primary N) is 1. The van der Waals surface area contributed by atoms with Crippen molar-refractivity contribution in [3.63, 3.8) is 0 Å². The molecule has 0 fully saturated rings. The summed E-state index contributed by atoms with van der Waals surface area (Å²) >= 11 is 0. The van der Waals surface area contributed by atoms with Crippen LogP contribution in [0, 0.1) is 10.1 Å². The van der Waals surface area contributed by atoms with Crippen LogP contribution in [0.4, 0.5) is 14.5 Å². The van der Waals surface area contributed by atoms with Gasteiger partial charge in [-0.1, -0.05) is 0 Å². The number of anilines is 1. The molecule has 0 aliphatic heterocycles. The molecule has 0 atom stereocenters. The van der Waals surface area contributed by atoms with Gasteiger partial charge in [0.15, 0.2) is 0 Å². The molecule has 70 valence electrons. The second kappa shape index (κ2) is 2.96. The lowest BCUT2D eigenvalue weighted by molar-refractivity contribution is -0.656. The van der Waals surface area contributed by atoms with Gasteiger partial charge in [-0.3, -0.25) is 10.1 Å². The largest absolute Gasteiger partial charge is 0.539 e. The van der Waals surface area contributed by atoms with Crippen LogP contribution in [0.15, 0.2) is 24.3 Å². The number of hydrogen-bond donors (Lipinski definition) is 1. The molecular weight excluding hydrogens is 182 g/mol. The summed E-state index contributed by atoms with van der Waals surface area (Å²) in [6.07, 6.45) is 0. The molecule has 1 aromatic rings. The van der Waals surface area contributed by atoms with E-state index < -0.39 is 16.5 Å². The Morgan fingerprint density at radius 2 is 1.77 bits per heavy atom. The van der Waals surface area contributed by atoms with Gasteiger partial charge in [0.05, 0.1) is 0 Å². The van der Waals surface area contributed by atoms with Crippen molar-refractivity contribution < 1.29 is 13.7 Å². The number of rotatable bonds is 2. The highest BCUT2D eigenvalue weighted by molar-refractivity contribution is 5.39. The van der Waals surface area contributed by atoms with Crippen LogP contribution < -0.4 is 5.73 Å². The van der Waals surface area contributed by atoms with Crippen LogP contribution in [0.1, 0.15) is 5.56 Å². The number of nitro groups is 1. The zero-order valence-corrected chi connectivity index (χ0v) is 6.41. The molecule has 1 rings (SSSR count). The third-order valence-electron chi connectivity index (χ3n) is 1.49. The minimum Gasteiger partial charge on any atom is -0.399 e. The standard InChI is InChI=1S/C7H6F2N2O2/c8-7(9,11(12)13)5-1-3-6(10)4-2-5/h1-4H,10H2. The van der Waals surface area contributed by atoms with Crippen molar-refractivity contribution in [1.82, 2.24) is 0 Å². The van der Waals surface area contributed by atoms with Crippen LogP contribution in [0.5, 0.6) is 0 Å². The molecule has 0 bridgehead atoms. The van der Waals surface area contributed by atoms with E-state index in [0.717, 1.165) is 12.1 Å². The first-order chi connectivity index (χ1) is 5.94. The van der Waals surface area contributed by atoms with Gasteiger partial charge in [-0.15, -0.1) is 8.78 Å². The van der Waals surface area contributed by atoms with Crippen molar-refractivity contribution in [2.24, 2.45) is 0 Å². The van der Waals surface area contributed by atoms with Gasteiger partial charge in [0.1, 0.15) is 10.5 Å². The van der Waals surface area contributed by atoms with Crippen LogP contribution in [-0.2, 0) is 6.05 Å². The quantitative estimate of drug-likeness (QED) is 0.331. The molecule has 6 heteroatoms. The molecule has 0 spiro atoms. The Hall–Kier alpha value is -1.72. The fourth-order valence-electron chi connectivity index (χ4n) is 0.789. The van der Waals surface area contributed by atoms with Crippen molar-refractivity contribution in [3.05, 3.63) is 39.9 Å². The summed E-state index contributed by atoms with van der Waals surface area (Å²) in [6, 6.07) is 0.184. The maximum Gasteiger partial charge on any atom is 0.539 e. The average molecular weight is 188 g/mol. The normalized spacial score (nSPS) is 11.2. The SMILES string of the molecule is Nc1ccc(C(F)(F)[N+](=O)[O-])cc1. The smallest absolute Gasteiger partial charge is 0.399 e. The zero-order chi connectivity index (χ0) is 10.1. The Morgan fingerprint density at radius 3 is 2.15 bits per heavy atom. The van der Waals surface area contributed by atoms with Crippen molar-refractivity contribution in [1.29, 1.82) is 0 Å². The van der Waals surface area contributed by atoms with E-state index in [1.165, 1.54) is 12.1 Å². The molecular formula is C7H6F2N2O2. The Kier molecular flexibility index (Phi) is 2.14. The number of hydrogen-bond acceptors (Lipinski definition) is 3. The van der Waals surface area contributed by atoms with Gasteiger partial charge in [0.2, 0.25) is 0 Å². The maximum absolute atomic E-state index is 12.7.